The second-order valence-corrected chi connectivity index (χ2v) is 5.70. The minimum absolute atomic E-state index is 0. The molecule has 120 valence electrons. The molecule has 22 heavy (non-hydrogen) atoms. The standard InChI is InChI=1S/C16H21FN4.HI/c17-13-4-5-15-14(8-13)12(10-20-15)6-7-19-16(18)21-9-11-2-1-3-11;/h4-5,8,10-11,20H,1-3,6-7,9H2,(H3,18,19,21);1H. The van der Waals surface area contributed by atoms with Gasteiger partial charge < -0.3 is 16.0 Å². The Kier molecular flexibility index (Phi) is 6.05. The Balaban J connectivity index is 0.00000176. The fourth-order valence-corrected chi connectivity index (χ4v) is 2.64. The van der Waals surface area contributed by atoms with Gasteiger partial charge in [-0.05, 0) is 48.9 Å². The molecule has 1 aromatic carbocycles. The number of aromatic amines is 1. The first kappa shape index (κ1) is 17.1. The van der Waals surface area contributed by atoms with Crippen LogP contribution in [0, 0.1) is 11.7 Å². The summed E-state index contributed by atoms with van der Waals surface area (Å²) in [6, 6.07) is 4.79. The topological polar surface area (TPSA) is 66.2 Å². The number of rotatable bonds is 5. The second-order valence-electron chi connectivity index (χ2n) is 5.70. The van der Waals surface area contributed by atoms with Crippen molar-refractivity contribution >= 4 is 40.8 Å². The molecular formula is C16H22FIN4. The van der Waals surface area contributed by atoms with E-state index in [0.717, 1.165) is 35.3 Å². The molecule has 4 nitrogen and oxygen atoms in total. The van der Waals surface area contributed by atoms with Gasteiger partial charge in [-0.15, -0.1) is 24.0 Å². The fourth-order valence-electron chi connectivity index (χ4n) is 2.64. The van der Waals surface area contributed by atoms with Gasteiger partial charge in [0.1, 0.15) is 5.82 Å². The van der Waals surface area contributed by atoms with E-state index in [1.54, 1.807) is 12.1 Å². The van der Waals surface area contributed by atoms with Crippen LogP contribution in [0.1, 0.15) is 24.8 Å². The van der Waals surface area contributed by atoms with Crippen LogP contribution < -0.4 is 11.1 Å². The predicted octanol–water partition coefficient (Wildman–Crippen LogP) is 3.17. The molecule has 1 fully saturated rings. The van der Waals surface area contributed by atoms with Crippen molar-refractivity contribution in [2.45, 2.75) is 25.7 Å². The number of H-pyrrole nitrogens is 1. The molecule has 1 aliphatic rings. The molecule has 0 amide bonds. The van der Waals surface area contributed by atoms with Crippen molar-refractivity contribution in [1.82, 2.24) is 10.3 Å². The first-order valence-corrected chi connectivity index (χ1v) is 7.51. The van der Waals surface area contributed by atoms with Gasteiger partial charge in [0.2, 0.25) is 0 Å². The molecule has 0 atom stereocenters. The molecule has 0 bridgehead atoms. The van der Waals surface area contributed by atoms with Crippen molar-refractivity contribution in [2.24, 2.45) is 16.6 Å². The number of nitrogens with one attached hydrogen (secondary N) is 2. The third-order valence-electron chi connectivity index (χ3n) is 4.17. The van der Waals surface area contributed by atoms with Crippen molar-refractivity contribution in [3.05, 3.63) is 35.8 Å². The van der Waals surface area contributed by atoms with Gasteiger partial charge in [-0.25, -0.2) is 4.39 Å². The number of halogens is 2. The lowest BCUT2D eigenvalue weighted by molar-refractivity contribution is 0.326. The summed E-state index contributed by atoms with van der Waals surface area (Å²) in [4.78, 5) is 7.51. The van der Waals surface area contributed by atoms with Crippen LogP contribution in [0.3, 0.4) is 0 Å². The summed E-state index contributed by atoms with van der Waals surface area (Å²) < 4.78 is 13.3. The number of aliphatic imine (C=N–C) groups is 1. The molecule has 1 heterocycles. The van der Waals surface area contributed by atoms with Gasteiger partial charge in [0.25, 0.3) is 0 Å². The highest BCUT2D eigenvalue weighted by atomic mass is 127. The molecule has 0 radical (unpaired) electrons. The minimum Gasteiger partial charge on any atom is -0.370 e. The molecule has 0 aliphatic heterocycles. The lowest BCUT2D eigenvalue weighted by Gasteiger charge is -2.23. The Hall–Kier alpha value is -1.31. The smallest absolute Gasteiger partial charge is 0.188 e. The summed E-state index contributed by atoms with van der Waals surface area (Å²) in [6.45, 7) is 1.53. The maximum absolute atomic E-state index is 13.3. The molecule has 2 aromatic rings. The zero-order chi connectivity index (χ0) is 14.7. The first-order valence-electron chi connectivity index (χ1n) is 7.51. The van der Waals surface area contributed by atoms with Crippen LogP contribution in [0.5, 0.6) is 0 Å². The lowest BCUT2D eigenvalue weighted by atomic mass is 9.86. The van der Waals surface area contributed by atoms with Gasteiger partial charge in [0.15, 0.2) is 5.96 Å². The van der Waals surface area contributed by atoms with Crippen molar-refractivity contribution < 1.29 is 4.39 Å². The van der Waals surface area contributed by atoms with Crippen molar-refractivity contribution in [3.8, 4) is 0 Å². The van der Waals surface area contributed by atoms with Crippen molar-refractivity contribution in [3.63, 3.8) is 0 Å². The maximum Gasteiger partial charge on any atom is 0.188 e. The number of hydrogen-bond acceptors (Lipinski definition) is 1. The Morgan fingerprint density at radius 3 is 2.95 bits per heavy atom. The molecular weight excluding hydrogens is 394 g/mol. The molecule has 1 aliphatic carbocycles. The summed E-state index contributed by atoms with van der Waals surface area (Å²) in [5, 5.41) is 4.06. The SMILES string of the molecule is I.NC(=NCC1CCC1)NCCc1c[nH]c2ccc(F)cc12. The Morgan fingerprint density at radius 1 is 1.41 bits per heavy atom. The first-order chi connectivity index (χ1) is 10.2. The fraction of sp³-hybridized carbons (Fsp3) is 0.438. The highest BCUT2D eigenvalue weighted by molar-refractivity contribution is 14.0. The Labute approximate surface area is 146 Å². The quantitative estimate of drug-likeness (QED) is 0.398. The summed E-state index contributed by atoms with van der Waals surface area (Å²) in [5.74, 6) is 1.02. The number of benzene rings is 1. The van der Waals surface area contributed by atoms with Crippen LogP contribution in [-0.2, 0) is 6.42 Å². The van der Waals surface area contributed by atoms with E-state index in [0.29, 0.717) is 12.5 Å². The number of nitrogens with two attached hydrogens (primary N) is 1. The number of guanidine groups is 1. The average molecular weight is 416 g/mol. The second kappa shape index (κ2) is 7.80. The molecule has 0 unspecified atom stereocenters. The average Bonchev–Trinajstić information content (AvgIpc) is 2.80. The zero-order valence-corrected chi connectivity index (χ0v) is 14.8. The predicted molar refractivity (Wildman–Crippen MR) is 99.2 cm³/mol. The van der Waals surface area contributed by atoms with Gasteiger partial charge in [-0.1, -0.05) is 6.42 Å². The van der Waals surface area contributed by atoms with E-state index in [2.05, 4.69) is 15.3 Å². The monoisotopic (exact) mass is 416 g/mol. The van der Waals surface area contributed by atoms with Crippen LogP contribution >= 0.6 is 24.0 Å². The van der Waals surface area contributed by atoms with Crippen LogP contribution in [-0.4, -0.2) is 24.0 Å². The molecule has 0 saturated heterocycles. The summed E-state index contributed by atoms with van der Waals surface area (Å²) in [7, 11) is 0. The van der Waals surface area contributed by atoms with Crippen LogP contribution in [0.4, 0.5) is 4.39 Å². The molecule has 1 saturated carbocycles. The van der Waals surface area contributed by atoms with Gasteiger partial charge in [-0.2, -0.15) is 0 Å². The lowest BCUT2D eigenvalue weighted by Crippen LogP contribution is -2.34. The Morgan fingerprint density at radius 2 is 2.23 bits per heavy atom. The van der Waals surface area contributed by atoms with E-state index < -0.39 is 0 Å². The van der Waals surface area contributed by atoms with Gasteiger partial charge in [0, 0.05) is 30.2 Å². The highest BCUT2D eigenvalue weighted by Gasteiger charge is 2.16. The third-order valence-corrected chi connectivity index (χ3v) is 4.17. The van der Waals surface area contributed by atoms with E-state index in [4.69, 9.17) is 5.73 Å². The van der Waals surface area contributed by atoms with E-state index in [-0.39, 0.29) is 29.8 Å². The molecule has 0 spiro atoms. The number of hydrogen-bond donors (Lipinski definition) is 3. The van der Waals surface area contributed by atoms with Crippen molar-refractivity contribution in [1.29, 1.82) is 0 Å². The summed E-state index contributed by atoms with van der Waals surface area (Å²) in [6.07, 6.45) is 6.58. The number of fused-ring (bicyclic) bond motifs is 1. The van der Waals surface area contributed by atoms with Crippen LogP contribution in [0.2, 0.25) is 0 Å². The van der Waals surface area contributed by atoms with Gasteiger partial charge in [-0.3, -0.25) is 4.99 Å². The molecule has 6 heteroatoms. The van der Waals surface area contributed by atoms with E-state index in [1.165, 1.54) is 25.3 Å². The zero-order valence-electron chi connectivity index (χ0n) is 12.4. The van der Waals surface area contributed by atoms with E-state index in [1.807, 2.05) is 6.20 Å². The van der Waals surface area contributed by atoms with Gasteiger partial charge in [0.05, 0.1) is 0 Å². The highest BCUT2D eigenvalue weighted by Crippen LogP contribution is 2.26. The Bertz CT molecular complexity index is 649. The van der Waals surface area contributed by atoms with E-state index >= 15 is 0 Å². The molecule has 3 rings (SSSR count). The summed E-state index contributed by atoms with van der Waals surface area (Å²) in [5.41, 5.74) is 7.89. The van der Waals surface area contributed by atoms with Crippen LogP contribution in [0.25, 0.3) is 10.9 Å². The minimum atomic E-state index is -0.210. The van der Waals surface area contributed by atoms with E-state index in [9.17, 15) is 4.39 Å². The number of nitrogens with zero attached hydrogens (tertiary/aromatic N) is 1. The number of aromatic nitrogens is 1. The summed E-state index contributed by atoms with van der Waals surface area (Å²) >= 11 is 0. The maximum atomic E-state index is 13.3. The largest absolute Gasteiger partial charge is 0.370 e. The van der Waals surface area contributed by atoms with Crippen LogP contribution in [0.15, 0.2) is 29.4 Å². The normalized spacial score (nSPS) is 15.4. The molecule has 1 aromatic heterocycles. The third kappa shape index (κ3) is 4.12. The van der Waals surface area contributed by atoms with Crippen molar-refractivity contribution in [2.75, 3.05) is 13.1 Å². The molecule has 4 N–H and O–H groups in total. The van der Waals surface area contributed by atoms with Gasteiger partial charge >= 0.3 is 0 Å².